The third-order valence-electron chi connectivity index (χ3n) is 6.06. The van der Waals surface area contributed by atoms with Crippen molar-refractivity contribution in [2.24, 2.45) is 0 Å². The van der Waals surface area contributed by atoms with Gasteiger partial charge in [0.15, 0.2) is 11.5 Å². The van der Waals surface area contributed by atoms with Crippen molar-refractivity contribution in [3.05, 3.63) is 74.6 Å². The molecule has 2 aromatic carbocycles. The Labute approximate surface area is 204 Å². The molecule has 9 heteroatoms. The number of nitrogens with one attached hydrogen (secondary N) is 1. The van der Waals surface area contributed by atoms with E-state index in [1.54, 1.807) is 43.3 Å². The summed E-state index contributed by atoms with van der Waals surface area (Å²) in [7, 11) is 4.46. The first-order valence-corrected chi connectivity index (χ1v) is 10.8. The average Bonchev–Trinajstić information content (AvgIpc) is 3.35. The number of hydrogen-bond donors (Lipinski definition) is 1. The Morgan fingerprint density at radius 3 is 2.42 bits per heavy atom. The molecular formula is C27H20N2O7. The minimum Gasteiger partial charge on any atom is -0.495 e. The fourth-order valence-corrected chi connectivity index (χ4v) is 4.42. The molecule has 3 aromatic heterocycles. The maximum atomic E-state index is 13.8. The number of aromatic amines is 1. The number of benzene rings is 2. The van der Waals surface area contributed by atoms with Crippen LogP contribution in [0.4, 0.5) is 0 Å². The number of H-pyrrole nitrogens is 1. The van der Waals surface area contributed by atoms with Crippen molar-refractivity contribution in [2.45, 2.75) is 6.92 Å². The van der Waals surface area contributed by atoms with Crippen LogP contribution in [0.3, 0.4) is 0 Å². The van der Waals surface area contributed by atoms with Crippen LogP contribution in [0, 0.1) is 18.3 Å². The molecule has 0 saturated carbocycles. The summed E-state index contributed by atoms with van der Waals surface area (Å²) in [6, 6.07) is 11.9. The molecule has 0 fully saturated rings. The molecule has 0 amide bonds. The van der Waals surface area contributed by atoms with Gasteiger partial charge in [0.1, 0.15) is 39.7 Å². The van der Waals surface area contributed by atoms with Crippen molar-refractivity contribution in [3.8, 4) is 45.7 Å². The van der Waals surface area contributed by atoms with E-state index in [-0.39, 0.29) is 33.6 Å². The highest BCUT2D eigenvalue weighted by Crippen LogP contribution is 2.37. The van der Waals surface area contributed by atoms with E-state index in [1.807, 2.05) is 6.07 Å². The maximum absolute atomic E-state index is 13.8. The van der Waals surface area contributed by atoms with Gasteiger partial charge in [0.05, 0.1) is 44.2 Å². The first-order chi connectivity index (χ1) is 17.4. The van der Waals surface area contributed by atoms with Gasteiger partial charge < -0.3 is 28.0 Å². The quantitative estimate of drug-likeness (QED) is 0.378. The molecule has 9 nitrogen and oxygen atoms in total. The first kappa shape index (κ1) is 22.8. The van der Waals surface area contributed by atoms with Gasteiger partial charge in [-0.15, -0.1) is 0 Å². The van der Waals surface area contributed by atoms with Crippen molar-refractivity contribution >= 4 is 21.9 Å². The molecule has 0 spiro atoms. The number of ether oxygens (including phenoxy) is 3. The number of rotatable bonds is 5. The van der Waals surface area contributed by atoms with Crippen LogP contribution >= 0.6 is 0 Å². The summed E-state index contributed by atoms with van der Waals surface area (Å²) in [6.07, 6.45) is 1.50. The Kier molecular flexibility index (Phi) is 5.49. The molecule has 0 aliphatic heterocycles. The first-order valence-electron chi connectivity index (χ1n) is 10.8. The predicted octanol–water partition coefficient (Wildman–Crippen LogP) is 4.77. The Bertz CT molecular complexity index is 1820. The van der Waals surface area contributed by atoms with Crippen molar-refractivity contribution in [1.82, 2.24) is 4.98 Å². The number of hydrogen-bond acceptors (Lipinski definition) is 8. The third-order valence-corrected chi connectivity index (χ3v) is 6.06. The van der Waals surface area contributed by atoms with E-state index in [1.165, 1.54) is 27.6 Å². The summed E-state index contributed by atoms with van der Waals surface area (Å²) < 4.78 is 27.7. The Morgan fingerprint density at radius 2 is 1.72 bits per heavy atom. The molecule has 180 valence electrons. The summed E-state index contributed by atoms with van der Waals surface area (Å²) in [5.41, 5.74) is 0.868. The summed E-state index contributed by atoms with van der Waals surface area (Å²) in [4.78, 5) is 29.4. The van der Waals surface area contributed by atoms with E-state index in [9.17, 15) is 14.9 Å². The lowest BCUT2D eigenvalue weighted by molar-refractivity contribution is 0.355. The third kappa shape index (κ3) is 3.39. The van der Waals surface area contributed by atoms with E-state index in [4.69, 9.17) is 23.0 Å². The second kappa shape index (κ2) is 8.67. The number of pyridine rings is 1. The normalized spacial score (nSPS) is 11.0. The van der Waals surface area contributed by atoms with Crippen LogP contribution in [0.25, 0.3) is 44.3 Å². The number of aromatic nitrogens is 1. The molecule has 0 saturated heterocycles. The molecule has 1 N–H and O–H groups in total. The lowest BCUT2D eigenvalue weighted by atomic mass is 9.97. The number of nitrogens with zero attached hydrogens (tertiary/aromatic N) is 1. The van der Waals surface area contributed by atoms with Gasteiger partial charge in [-0.2, -0.15) is 5.26 Å². The van der Waals surface area contributed by atoms with Gasteiger partial charge in [0.2, 0.25) is 5.43 Å². The number of aryl methyl sites for hydroxylation is 1. The fraction of sp³-hybridized carbons (Fsp3) is 0.148. The number of nitriles is 1. The Balaban J connectivity index is 1.82. The smallest absolute Gasteiger partial charge is 0.266 e. The summed E-state index contributed by atoms with van der Waals surface area (Å²) in [5.74, 6) is 1.51. The predicted molar refractivity (Wildman–Crippen MR) is 133 cm³/mol. The van der Waals surface area contributed by atoms with Crippen LogP contribution in [0.1, 0.15) is 11.3 Å². The van der Waals surface area contributed by atoms with E-state index in [2.05, 4.69) is 4.98 Å². The van der Waals surface area contributed by atoms with Crippen LogP contribution in [0.5, 0.6) is 17.2 Å². The molecule has 5 aromatic rings. The van der Waals surface area contributed by atoms with Gasteiger partial charge in [0.25, 0.3) is 5.56 Å². The van der Waals surface area contributed by atoms with Gasteiger partial charge in [-0.05, 0) is 36.8 Å². The van der Waals surface area contributed by atoms with E-state index >= 15 is 0 Å². The number of methoxy groups -OCH3 is 3. The zero-order valence-electron chi connectivity index (χ0n) is 19.8. The minimum absolute atomic E-state index is 0.105. The Hall–Kier alpha value is -4.97. The van der Waals surface area contributed by atoms with E-state index in [0.29, 0.717) is 39.3 Å². The van der Waals surface area contributed by atoms with Gasteiger partial charge in [-0.1, -0.05) is 6.07 Å². The van der Waals surface area contributed by atoms with Crippen molar-refractivity contribution < 1.29 is 23.0 Å². The number of furan rings is 1. The molecule has 0 atom stereocenters. The minimum atomic E-state index is -0.643. The highest BCUT2D eigenvalue weighted by molar-refractivity contribution is 6.02. The van der Waals surface area contributed by atoms with E-state index in [0.717, 1.165) is 0 Å². The summed E-state index contributed by atoms with van der Waals surface area (Å²) in [5, 5.41) is 10.5. The topological polar surface area (TPSA) is 128 Å². The van der Waals surface area contributed by atoms with E-state index < -0.39 is 11.0 Å². The second-order valence-corrected chi connectivity index (χ2v) is 7.96. The zero-order chi connectivity index (χ0) is 25.6. The molecule has 5 rings (SSSR count). The van der Waals surface area contributed by atoms with Gasteiger partial charge in [-0.25, -0.2) is 0 Å². The summed E-state index contributed by atoms with van der Waals surface area (Å²) >= 11 is 0. The average molecular weight is 484 g/mol. The number of fused-ring (bicyclic) bond motifs is 2. The lowest BCUT2D eigenvalue weighted by Crippen LogP contribution is -2.16. The summed E-state index contributed by atoms with van der Waals surface area (Å²) in [6.45, 7) is 1.63. The second-order valence-electron chi connectivity index (χ2n) is 7.96. The largest absolute Gasteiger partial charge is 0.495 e. The molecule has 0 aliphatic carbocycles. The van der Waals surface area contributed by atoms with Gasteiger partial charge >= 0.3 is 0 Å². The highest BCUT2D eigenvalue weighted by Gasteiger charge is 2.23. The molecule has 3 heterocycles. The highest BCUT2D eigenvalue weighted by atomic mass is 16.5. The van der Waals surface area contributed by atoms with Gasteiger partial charge in [0, 0.05) is 11.6 Å². The molecule has 0 bridgehead atoms. The maximum Gasteiger partial charge on any atom is 0.266 e. The van der Waals surface area contributed by atoms with Gasteiger partial charge in [-0.3, -0.25) is 9.59 Å². The SMILES string of the molecule is COc1ccc(-c2cc(-c3c(C)oc4cc5occc5c(OC)c4c3=O)[nH]c(=O)c2C#N)cc1OC. The Morgan fingerprint density at radius 1 is 0.944 bits per heavy atom. The lowest BCUT2D eigenvalue weighted by Gasteiger charge is -2.13. The molecular weight excluding hydrogens is 464 g/mol. The molecule has 0 radical (unpaired) electrons. The molecule has 36 heavy (non-hydrogen) atoms. The zero-order valence-corrected chi connectivity index (χ0v) is 19.8. The standard InChI is InChI=1S/C27H20N2O7/c1-13-23(25(30)24-22(36-13)11-20-15(7-8-35-20)26(24)34-4)18-10-16(17(12-28)27(31)29-18)14-5-6-19(32-2)21(9-14)33-3/h5-11H,1-4H3,(H,29,31). The molecule has 0 aliphatic rings. The molecule has 0 unspecified atom stereocenters. The fourth-order valence-electron chi connectivity index (χ4n) is 4.42. The van der Waals surface area contributed by atoms with Crippen LogP contribution in [-0.2, 0) is 0 Å². The van der Waals surface area contributed by atoms with Crippen molar-refractivity contribution in [1.29, 1.82) is 5.26 Å². The van der Waals surface area contributed by atoms with Crippen LogP contribution < -0.4 is 25.2 Å². The van der Waals surface area contributed by atoms with Crippen LogP contribution in [0.15, 0.2) is 61.1 Å². The van der Waals surface area contributed by atoms with Crippen LogP contribution in [0.2, 0.25) is 0 Å². The van der Waals surface area contributed by atoms with Crippen molar-refractivity contribution in [3.63, 3.8) is 0 Å². The monoisotopic (exact) mass is 484 g/mol. The van der Waals surface area contributed by atoms with Crippen LogP contribution in [-0.4, -0.2) is 26.3 Å². The van der Waals surface area contributed by atoms with Crippen molar-refractivity contribution in [2.75, 3.05) is 21.3 Å².